The summed E-state index contributed by atoms with van der Waals surface area (Å²) in [5.74, 6) is -11.5. The molecule has 1 heterocycles. The molecule has 1 N–H and O–H groups in total. The third-order valence-corrected chi connectivity index (χ3v) is 6.13. The Labute approximate surface area is 230 Å². The van der Waals surface area contributed by atoms with Crippen molar-refractivity contribution in [1.82, 2.24) is 9.88 Å². The number of ketones is 1. The number of amides is 1. The molecule has 2 aromatic carbocycles. The first-order valence-corrected chi connectivity index (χ1v) is 12.6. The van der Waals surface area contributed by atoms with E-state index in [-0.39, 0.29) is 24.5 Å². The standard InChI is InChI=1S/C27H25ClF4N2O6/c1-3-9-39-22(36)12-19(21(35)13-40-25-23(31)17(29)11-18(30)24(25)32)33-26(37)20(4-2)34-8-7-14-5-6-15(28)10-16(14)27(34)38/h5-8,10-11,19-20H,3-4,9,12-13H2,1-2H3,(H,33,37)/t19?,20-/m0/s1. The normalized spacial score (nSPS) is 12.6. The molecule has 3 aromatic rings. The first kappa shape index (κ1) is 30.6. The zero-order chi connectivity index (χ0) is 29.6. The predicted molar refractivity (Wildman–Crippen MR) is 137 cm³/mol. The highest BCUT2D eigenvalue weighted by Gasteiger charge is 2.30. The van der Waals surface area contributed by atoms with Gasteiger partial charge in [-0.05, 0) is 36.4 Å². The van der Waals surface area contributed by atoms with Crippen LogP contribution >= 0.6 is 11.6 Å². The summed E-state index contributed by atoms with van der Waals surface area (Å²) in [5, 5.41) is 3.49. The van der Waals surface area contributed by atoms with Crippen LogP contribution in [-0.4, -0.2) is 41.5 Å². The van der Waals surface area contributed by atoms with Crippen molar-refractivity contribution < 1.29 is 41.4 Å². The third-order valence-electron chi connectivity index (χ3n) is 5.89. The molecule has 13 heteroatoms. The number of carbonyl (C=O) groups excluding carboxylic acids is 3. The van der Waals surface area contributed by atoms with Gasteiger partial charge in [0.05, 0.1) is 13.0 Å². The second kappa shape index (κ2) is 13.4. The Morgan fingerprint density at radius 2 is 1.70 bits per heavy atom. The molecule has 0 spiro atoms. The van der Waals surface area contributed by atoms with Crippen molar-refractivity contribution in [2.45, 2.75) is 45.2 Å². The number of rotatable bonds is 12. The molecule has 3 rings (SSSR count). The fraction of sp³-hybridized carbons (Fsp3) is 0.333. The quantitative estimate of drug-likeness (QED) is 0.189. The molecule has 1 aromatic heterocycles. The van der Waals surface area contributed by atoms with E-state index in [9.17, 15) is 36.7 Å². The van der Waals surface area contributed by atoms with Gasteiger partial charge in [0.1, 0.15) is 18.7 Å². The fourth-order valence-corrected chi connectivity index (χ4v) is 4.03. The van der Waals surface area contributed by atoms with Gasteiger partial charge >= 0.3 is 5.97 Å². The van der Waals surface area contributed by atoms with Crippen molar-refractivity contribution >= 4 is 40.0 Å². The minimum absolute atomic E-state index is 0.0236. The lowest BCUT2D eigenvalue weighted by molar-refractivity contribution is -0.146. The lowest BCUT2D eigenvalue weighted by Gasteiger charge is -2.23. The number of halogens is 5. The van der Waals surface area contributed by atoms with Crippen LogP contribution in [0.3, 0.4) is 0 Å². The van der Waals surface area contributed by atoms with Crippen LogP contribution in [0, 0.1) is 23.3 Å². The fourth-order valence-electron chi connectivity index (χ4n) is 3.86. The molecule has 0 aliphatic rings. The van der Waals surface area contributed by atoms with Gasteiger partial charge in [-0.3, -0.25) is 19.2 Å². The van der Waals surface area contributed by atoms with E-state index in [1.807, 2.05) is 0 Å². The molecule has 0 saturated heterocycles. The Hall–Kier alpha value is -3.93. The predicted octanol–water partition coefficient (Wildman–Crippen LogP) is 4.64. The highest BCUT2D eigenvalue weighted by Crippen LogP contribution is 2.26. The molecular formula is C27H25ClF4N2O6. The van der Waals surface area contributed by atoms with Gasteiger partial charge in [-0.1, -0.05) is 31.5 Å². The van der Waals surface area contributed by atoms with E-state index in [1.54, 1.807) is 32.0 Å². The number of nitrogens with one attached hydrogen (secondary N) is 1. The van der Waals surface area contributed by atoms with Crippen LogP contribution < -0.4 is 15.6 Å². The second-order valence-electron chi connectivity index (χ2n) is 8.72. The highest BCUT2D eigenvalue weighted by molar-refractivity contribution is 6.31. The maximum absolute atomic E-state index is 14.0. The first-order valence-electron chi connectivity index (χ1n) is 12.2. The van der Waals surface area contributed by atoms with Crippen molar-refractivity contribution in [3.05, 3.63) is 75.2 Å². The minimum Gasteiger partial charge on any atom is -0.479 e. The van der Waals surface area contributed by atoms with Gasteiger partial charge in [0.15, 0.2) is 23.2 Å². The van der Waals surface area contributed by atoms with Crippen LogP contribution in [0.15, 0.2) is 41.3 Å². The van der Waals surface area contributed by atoms with Crippen LogP contribution in [0.4, 0.5) is 17.6 Å². The number of nitrogens with zero attached hydrogens (tertiary/aromatic N) is 1. The smallest absolute Gasteiger partial charge is 0.308 e. The first-order chi connectivity index (χ1) is 19.0. The summed E-state index contributed by atoms with van der Waals surface area (Å²) in [6.07, 6.45) is 1.27. The third kappa shape index (κ3) is 6.98. The number of Topliss-reactive ketones (excluding diaryl/α,β-unsaturated/α-hetero) is 1. The SMILES string of the molecule is CCCOC(=O)CC(NC(=O)[C@H](CC)n1ccc2ccc(Cl)cc2c1=O)C(=O)COc1c(F)c(F)cc(F)c1F. The van der Waals surface area contributed by atoms with Crippen molar-refractivity contribution in [3.63, 3.8) is 0 Å². The number of benzene rings is 2. The maximum Gasteiger partial charge on any atom is 0.308 e. The molecule has 0 bridgehead atoms. The van der Waals surface area contributed by atoms with Crippen molar-refractivity contribution in [3.8, 4) is 5.75 Å². The zero-order valence-corrected chi connectivity index (χ0v) is 22.2. The molecule has 0 aliphatic carbocycles. The molecular weight excluding hydrogens is 560 g/mol. The Kier molecular flexibility index (Phi) is 10.3. The van der Waals surface area contributed by atoms with Crippen LogP contribution in [0.1, 0.15) is 39.2 Å². The van der Waals surface area contributed by atoms with E-state index in [0.29, 0.717) is 16.8 Å². The number of hydrogen-bond acceptors (Lipinski definition) is 6. The summed E-state index contributed by atoms with van der Waals surface area (Å²) in [7, 11) is 0. The molecule has 0 fully saturated rings. The molecule has 8 nitrogen and oxygen atoms in total. The van der Waals surface area contributed by atoms with Crippen LogP contribution in [0.5, 0.6) is 5.75 Å². The van der Waals surface area contributed by atoms with E-state index in [4.69, 9.17) is 21.1 Å². The lowest BCUT2D eigenvalue weighted by atomic mass is 10.1. The number of ether oxygens (including phenoxy) is 2. The summed E-state index contributed by atoms with van der Waals surface area (Å²) in [6, 6.07) is 3.50. The highest BCUT2D eigenvalue weighted by atomic mass is 35.5. The lowest BCUT2D eigenvalue weighted by Crippen LogP contribution is -2.48. The van der Waals surface area contributed by atoms with Crippen molar-refractivity contribution in [1.29, 1.82) is 0 Å². The van der Waals surface area contributed by atoms with E-state index < -0.39 is 77.3 Å². The Morgan fingerprint density at radius 3 is 2.33 bits per heavy atom. The number of hydrogen-bond donors (Lipinski definition) is 1. The average Bonchev–Trinajstić information content (AvgIpc) is 2.92. The summed E-state index contributed by atoms with van der Waals surface area (Å²) in [4.78, 5) is 51.5. The topological polar surface area (TPSA) is 104 Å². The Bertz CT molecular complexity index is 1470. The number of fused-ring (bicyclic) bond motifs is 1. The van der Waals surface area contributed by atoms with Crippen molar-refractivity contribution in [2.75, 3.05) is 13.2 Å². The van der Waals surface area contributed by atoms with Gasteiger partial charge in [0, 0.05) is 22.7 Å². The van der Waals surface area contributed by atoms with Gasteiger partial charge in [-0.2, -0.15) is 8.78 Å². The monoisotopic (exact) mass is 584 g/mol. The van der Waals surface area contributed by atoms with Crippen LogP contribution in [0.25, 0.3) is 10.8 Å². The summed E-state index contributed by atoms with van der Waals surface area (Å²) < 4.78 is 65.8. The Morgan fingerprint density at radius 1 is 1.02 bits per heavy atom. The van der Waals surface area contributed by atoms with Crippen LogP contribution in [-0.2, 0) is 19.1 Å². The minimum atomic E-state index is -1.86. The average molecular weight is 585 g/mol. The molecule has 0 saturated carbocycles. The van der Waals surface area contributed by atoms with Crippen LogP contribution in [0.2, 0.25) is 5.02 Å². The molecule has 0 radical (unpaired) electrons. The molecule has 2 atom stereocenters. The summed E-state index contributed by atoms with van der Waals surface area (Å²) in [5.41, 5.74) is -0.533. The summed E-state index contributed by atoms with van der Waals surface area (Å²) >= 11 is 6.01. The summed E-state index contributed by atoms with van der Waals surface area (Å²) in [6.45, 7) is 2.20. The van der Waals surface area contributed by atoms with Crippen molar-refractivity contribution in [2.24, 2.45) is 0 Å². The molecule has 1 unspecified atom stereocenters. The van der Waals surface area contributed by atoms with E-state index >= 15 is 0 Å². The number of aromatic nitrogens is 1. The molecule has 1 amide bonds. The zero-order valence-electron chi connectivity index (χ0n) is 21.4. The number of carbonyl (C=O) groups is 3. The number of pyridine rings is 1. The largest absolute Gasteiger partial charge is 0.479 e. The van der Waals surface area contributed by atoms with Gasteiger partial charge in [-0.25, -0.2) is 8.78 Å². The van der Waals surface area contributed by atoms with Gasteiger partial charge in [0.25, 0.3) is 5.56 Å². The van der Waals surface area contributed by atoms with E-state index in [1.165, 1.54) is 12.3 Å². The van der Waals surface area contributed by atoms with E-state index in [0.717, 1.165) is 4.57 Å². The maximum atomic E-state index is 14.0. The van der Waals surface area contributed by atoms with Gasteiger partial charge in [0.2, 0.25) is 17.5 Å². The molecule has 214 valence electrons. The van der Waals surface area contributed by atoms with Gasteiger partial charge in [-0.15, -0.1) is 0 Å². The van der Waals surface area contributed by atoms with E-state index in [2.05, 4.69) is 5.32 Å². The van der Waals surface area contributed by atoms with Gasteiger partial charge < -0.3 is 19.4 Å². The number of esters is 1. The Balaban J connectivity index is 1.86. The molecule has 0 aliphatic heterocycles. The second-order valence-corrected chi connectivity index (χ2v) is 9.16. The molecule has 40 heavy (non-hydrogen) atoms.